The number of aromatic nitrogens is 2. The minimum atomic E-state index is -0.141. The minimum absolute atomic E-state index is 0.0814. The third-order valence-corrected chi connectivity index (χ3v) is 2.86. The zero-order valence-electron chi connectivity index (χ0n) is 11.5. The third kappa shape index (κ3) is 4.21. The Morgan fingerprint density at radius 3 is 2.79 bits per heavy atom. The molecule has 0 bridgehead atoms. The van der Waals surface area contributed by atoms with Gasteiger partial charge in [0.2, 0.25) is 5.91 Å². The zero-order chi connectivity index (χ0) is 14.4. The summed E-state index contributed by atoms with van der Waals surface area (Å²) in [5, 5.41) is 8.46. The predicted molar refractivity (Wildman–Crippen MR) is 70.5 cm³/mol. The fraction of sp³-hybridized carbons (Fsp3) is 0.538. The molecule has 0 N–H and O–H groups in total. The maximum absolute atomic E-state index is 11.8. The molecular weight excluding hydrogens is 244 g/mol. The first kappa shape index (κ1) is 14.9. The highest BCUT2D eigenvalue weighted by atomic mass is 16.2. The Labute approximate surface area is 112 Å². The van der Waals surface area contributed by atoms with E-state index in [0.29, 0.717) is 31.0 Å². The lowest BCUT2D eigenvalue weighted by atomic mass is 10.3. The molecule has 0 fully saturated rings. The van der Waals surface area contributed by atoms with Crippen LogP contribution in [0.5, 0.6) is 0 Å². The monoisotopic (exact) mass is 262 g/mol. The van der Waals surface area contributed by atoms with E-state index in [4.69, 9.17) is 5.26 Å². The molecule has 6 heteroatoms. The van der Waals surface area contributed by atoms with Crippen molar-refractivity contribution in [3.8, 4) is 6.07 Å². The molecule has 0 aliphatic rings. The Morgan fingerprint density at radius 1 is 1.53 bits per heavy atom. The summed E-state index contributed by atoms with van der Waals surface area (Å²) in [4.78, 5) is 29.3. The summed E-state index contributed by atoms with van der Waals surface area (Å²) in [5.41, 5.74) is 0.536. The third-order valence-electron chi connectivity index (χ3n) is 2.86. The van der Waals surface area contributed by atoms with Crippen LogP contribution in [0.15, 0.2) is 10.9 Å². The van der Waals surface area contributed by atoms with Crippen LogP contribution < -0.4 is 5.56 Å². The van der Waals surface area contributed by atoms with E-state index in [-0.39, 0.29) is 17.9 Å². The van der Waals surface area contributed by atoms with Crippen LogP contribution in [0.3, 0.4) is 0 Å². The van der Waals surface area contributed by atoms with E-state index in [1.165, 1.54) is 15.5 Å². The molecule has 0 aliphatic heterocycles. The molecule has 0 aromatic carbocycles. The number of hydrogen-bond donors (Lipinski definition) is 0. The van der Waals surface area contributed by atoms with Gasteiger partial charge in [0, 0.05) is 38.3 Å². The van der Waals surface area contributed by atoms with Gasteiger partial charge >= 0.3 is 0 Å². The van der Waals surface area contributed by atoms with Gasteiger partial charge in [0.1, 0.15) is 5.82 Å². The van der Waals surface area contributed by atoms with Crippen molar-refractivity contribution in [3.05, 3.63) is 27.9 Å². The Balaban J connectivity index is 2.65. The number of nitriles is 1. The number of amides is 1. The minimum Gasteiger partial charge on any atom is -0.345 e. The summed E-state index contributed by atoms with van der Waals surface area (Å²) in [6, 6.07) is 3.45. The number of carbonyl (C=O) groups is 1. The zero-order valence-corrected chi connectivity index (χ0v) is 11.5. The van der Waals surface area contributed by atoms with Crippen LogP contribution in [0.1, 0.15) is 24.4 Å². The van der Waals surface area contributed by atoms with Crippen LogP contribution in [-0.2, 0) is 11.3 Å². The number of nitrogens with zero attached hydrogens (tertiary/aromatic N) is 4. The average Bonchev–Trinajstić information content (AvgIpc) is 2.34. The molecular formula is C13H18N4O2. The second-order valence-electron chi connectivity index (χ2n) is 4.41. The molecule has 0 saturated carbocycles. The van der Waals surface area contributed by atoms with Crippen LogP contribution >= 0.6 is 0 Å². The van der Waals surface area contributed by atoms with Gasteiger partial charge in [0.15, 0.2) is 0 Å². The smallest absolute Gasteiger partial charge is 0.253 e. The molecule has 1 aromatic heterocycles. The molecule has 1 heterocycles. The van der Waals surface area contributed by atoms with Crippen molar-refractivity contribution < 1.29 is 4.79 Å². The SMILES string of the molecule is Cc1cc(=O)n(CCC(=O)N(C)CCC#N)c(C)n1. The molecule has 0 atom stereocenters. The van der Waals surface area contributed by atoms with Crippen molar-refractivity contribution in [3.63, 3.8) is 0 Å². The first-order chi connectivity index (χ1) is 8.95. The normalized spacial score (nSPS) is 10.0. The Hall–Kier alpha value is -2.16. The van der Waals surface area contributed by atoms with Gasteiger partial charge in [-0.05, 0) is 13.8 Å². The highest BCUT2D eigenvalue weighted by Gasteiger charge is 2.10. The maximum Gasteiger partial charge on any atom is 0.253 e. The lowest BCUT2D eigenvalue weighted by Crippen LogP contribution is -2.31. The van der Waals surface area contributed by atoms with Gasteiger partial charge in [-0.1, -0.05) is 0 Å². The second-order valence-corrected chi connectivity index (χ2v) is 4.41. The van der Waals surface area contributed by atoms with Crippen molar-refractivity contribution in [1.82, 2.24) is 14.5 Å². The molecule has 1 amide bonds. The molecule has 1 rings (SSSR count). The van der Waals surface area contributed by atoms with Gasteiger partial charge in [-0.3, -0.25) is 14.2 Å². The van der Waals surface area contributed by atoms with Crippen LogP contribution in [-0.4, -0.2) is 34.0 Å². The first-order valence-corrected chi connectivity index (χ1v) is 6.11. The topological polar surface area (TPSA) is 79.0 Å². The van der Waals surface area contributed by atoms with Crippen LogP contribution in [0.2, 0.25) is 0 Å². The van der Waals surface area contributed by atoms with E-state index in [1.54, 1.807) is 20.9 Å². The van der Waals surface area contributed by atoms with Crippen LogP contribution in [0.4, 0.5) is 0 Å². The summed E-state index contributed by atoms with van der Waals surface area (Å²) in [6.07, 6.45) is 0.542. The first-order valence-electron chi connectivity index (χ1n) is 6.11. The van der Waals surface area contributed by atoms with Gasteiger partial charge in [0.05, 0.1) is 12.5 Å². The molecule has 0 radical (unpaired) electrons. The molecule has 0 saturated heterocycles. The van der Waals surface area contributed by atoms with E-state index in [2.05, 4.69) is 4.98 Å². The van der Waals surface area contributed by atoms with Gasteiger partial charge in [-0.15, -0.1) is 0 Å². The summed E-state index contributed by atoms with van der Waals surface area (Å²) in [7, 11) is 1.66. The van der Waals surface area contributed by atoms with Crippen molar-refractivity contribution in [2.75, 3.05) is 13.6 Å². The molecule has 102 valence electrons. The Kier molecular flexibility index (Phi) is 5.24. The fourth-order valence-electron chi connectivity index (χ4n) is 1.78. The molecule has 0 aliphatic carbocycles. The number of rotatable bonds is 5. The largest absolute Gasteiger partial charge is 0.345 e. The van der Waals surface area contributed by atoms with Crippen molar-refractivity contribution in [1.29, 1.82) is 5.26 Å². The van der Waals surface area contributed by atoms with E-state index in [1.807, 2.05) is 6.07 Å². The lowest BCUT2D eigenvalue weighted by Gasteiger charge is -2.16. The maximum atomic E-state index is 11.8. The standard InChI is InChI=1S/C13H18N4O2/c1-10-9-13(19)17(11(2)15-10)8-5-12(18)16(3)7-4-6-14/h9H,4-5,7-8H2,1-3H3. The predicted octanol–water partition coefficient (Wildman–Crippen LogP) is 0.622. The Morgan fingerprint density at radius 2 is 2.21 bits per heavy atom. The summed E-state index contributed by atoms with van der Waals surface area (Å²) < 4.78 is 1.49. The summed E-state index contributed by atoms with van der Waals surface area (Å²) in [5.74, 6) is 0.527. The lowest BCUT2D eigenvalue weighted by molar-refractivity contribution is -0.130. The van der Waals surface area contributed by atoms with Gasteiger partial charge in [-0.2, -0.15) is 5.26 Å². The number of hydrogen-bond acceptors (Lipinski definition) is 4. The van der Waals surface area contributed by atoms with Crippen molar-refractivity contribution in [2.24, 2.45) is 0 Å². The highest BCUT2D eigenvalue weighted by molar-refractivity contribution is 5.75. The molecule has 19 heavy (non-hydrogen) atoms. The van der Waals surface area contributed by atoms with Crippen LogP contribution in [0, 0.1) is 25.2 Å². The quantitative estimate of drug-likeness (QED) is 0.779. The van der Waals surface area contributed by atoms with E-state index < -0.39 is 0 Å². The number of carbonyl (C=O) groups excluding carboxylic acids is 1. The van der Waals surface area contributed by atoms with Crippen molar-refractivity contribution in [2.45, 2.75) is 33.2 Å². The Bertz CT molecular complexity index is 557. The van der Waals surface area contributed by atoms with E-state index in [9.17, 15) is 9.59 Å². The summed E-state index contributed by atoms with van der Waals surface area (Å²) >= 11 is 0. The molecule has 6 nitrogen and oxygen atoms in total. The van der Waals surface area contributed by atoms with Crippen LogP contribution in [0.25, 0.3) is 0 Å². The fourth-order valence-corrected chi connectivity index (χ4v) is 1.78. The average molecular weight is 262 g/mol. The van der Waals surface area contributed by atoms with Crippen molar-refractivity contribution >= 4 is 5.91 Å². The van der Waals surface area contributed by atoms with E-state index >= 15 is 0 Å². The highest BCUT2D eigenvalue weighted by Crippen LogP contribution is 1.98. The van der Waals surface area contributed by atoms with Gasteiger partial charge in [-0.25, -0.2) is 4.98 Å². The summed E-state index contributed by atoms with van der Waals surface area (Å²) in [6.45, 7) is 4.24. The van der Waals surface area contributed by atoms with Gasteiger partial charge in [0.25, 0.3) is 5.56 Å². The number of aryl methyl sites for hydroxylation is 2. The second kappa shape index (κ2) is 6.69. The van der Waals surface area contributed by atoms with Gasteiger partial charge < -0.3 is 4.90 Å². The van der Waals surface area contributed by atoms with E-state index in [0.717, 1.165) is 0 Å². The molecule has 1 aromatic rings. The molecule has 0 unspecified atom stereocenters. The molecule has 0 spiro atoms.